The summed E-state index contributed by atoms with van der Waals surface area (Å²) in [6, 6.07) is 6.51. The number of benzene rings is 1. The summed E-state index contributed by atoms with van der Waals surface area (Å²) in [5.74, 6) is -0.570. The average molecular weight is 293 g/mol. The molecular weight excluding hydrogens is 270 g/mol. The molecule has 5 nitrogen and oxygen atoms in total. The maximum Gasteiger partial charge on any atom is 0.307 e. The van der Waals surface area contributed by atoms with Gasteiger partial charge in [0.1, 0.15) is 0 Å². The van der Waals surface area contributed by atoms with Gasteiger partial charge in [0.25, 0.3) is 5.91 Å². The Labute approximate surface area is 125 Å². The Balaban J connectivity index is 0.00000400. The van der Waals surface area contributed by atoms with Crippen molar-refractivity contribution in [2.45, 2.75) is 33.6 Å². The van der Waals surface area contributed by atoms with Gasteiger partial charge in [-0.05, 0) is 18.6 Å². The standard InChI is InChI=1S/C15H19NO4.CH4/c1-3-4-13(17)11-5-7-12(8-6-11)15(19)16-10-9-14(18)20-2;/h5-8H,3-4,9-10H2,1-2H3,(H,16,19);1H4. The Bertz CT molecular complexity index is 480. The third kappa shape index (κ3) is 6.21. The van der Waals surface area contributed by atoms with Crippen LogP contribution in [0.1, 0.15) is 54.3 Å². The number of carbonyl (C=O) groups is 3. The van der Waals surface area contributed by atoms with E-state index in [1.807, 2.05) is 6.92 Å². The lowest BCUT2D eigenvalue weighted by atomic mass is 10.0. The summed E-state index contributed by atoms with van der Waals surface area (Å²) in [6.45, 7) is 2.17. The Morgan fingerprint density at radius 3 is 2.14 bits per heavy atom. The highest BCUT2D eigenvalue weighted by molar-refractivity contribution is 5.98. The first-order valence-electron chi connectivity index (χ1n) is 6.56. The Morgan fingerprint density at radius 2 is 1.62 bits per heavy atom. The van der Waals surface area contributed by atoms with Crippen LogP contribution in [0.3, 0.4) is 0 Å². The first kappa shape index (κ1) is 18.8. The minimum Gasteiger partial charge on any atom is -0.469 e. The predicted molar refractivity (Wildman–Crippen MR) is 81.4 cm³/mol. The van der Waals surface area contributed by atoms with Crippen molar-refractivity contribution in [2.24, 2.45) is 0 Å². The van der Waals surface area contributed by atoms with Crippen LogP contribution >= 0.6 is 0 Å². The number of carbonyl (C=O) groups excluding carboxylic acids is 3. The minimum atomic E-state index is -0.370. The number of nitrogens with one attached hydrogen (secondary N) is 1. The lowest BCUT2D eigenvalue weighted by Crippen LogP contribution is -2.26. The van der Waals surface area contributed by atoms with Gasteiger partial charge < -0.3 is 10.1 Å². The molecule has 0 aliphatic heterocycles. The molecule has 0 saturated heterocycles. The molecule has 1 N–H and O–H groups in total. The van der Waals surface area contributed by atoms with Gasteiger partial charge in [-0.2, -0.15) is 0 Å². The van der Waals surface area contributed by atoms with Crippen LogP contribution in [0.2, 0.25) is 0 Å². The number of rotatable bonds is 7. The second kappa shape index (κ2) is 9.69. The Morgan fingerprint density at radius 1 is 1.05 bits per heavy atom. The van der Waals surface area contributed by atoms with Gasteiger partial charge >= 0.3 is 5.97 Å². The number of hydrogen-bond acceptors (Lipinski definition) is 4. The first-order chi connectivity index (χ1) is 9.58. The van der Waals surface area contributed by atoms with Gasteiger partial charge in [-0.15, -0.1) is 0 Å². The molecule has 0 aliphatic carbocycles. The van der Waals surface area contributed by atoms with E-state index in [9.17, 15) is 14.4 Å². The van der Waals surface area contributed by atoms with Crippen molar-refractivity contribution >= 4 is 17.7 Å². The number of Topliss-reactive ketones (excluding diaryl/α,β-unsaturated/α-hetero) is 1. The summed E-state index contributed by atoms with van der Waals surface area (Å²) in [5.41, 5.74) is 1.07. The molecule has 0 atom stereocenters. The van der Waals surface area contributed by atoms with Crippen molar-refractivity contribution in [2.75, 3.05) is 13.7 Å². The SMILES string of the molecule is C.CCCC(=O)c1ccc(C(=O)NCCC(=O)OC)cc1. The van der Waals surface area contributed by atoms with E-state index in [0.717, 1.165) is 6.42 Å². The molecule has 1 amide bonds. The Kier molecular flexibility index (Phi) is 8.69. The molecule has 0 bridgehead atoms. The van der Waals surface area contributed by atoms with Crippen molar-refractivity contribution in [3.8, 4) is 0 Å². The van der Waals surface area contributed by atoms with Crippen LogP contribution in [0.4, 0.5) is 0 Å². The van der Waals surface area contributed by atoms with E-state index in [2.05, 4.69) is 10.1 Å². The molecular formula is C16H23NO4. The number of hydrogen-bond donors (Lipinski definition) is 1. The molecule has 0 spiro atoms. The van der Waals surface area contributed by atoms with Crippen LogP contribution in [0.25, 0.3) is 0 Å². The monoisotopic (exact) mass is 293 g/mol. The molecule has 21 heavy (non-hydrogen) atoms. The van der Waals surface area contributed by atoms with Gasteiger partial charge in [-0.1, -0.05) is 26.5 Å². The summed E-state index contributed by atoms with van der Waals surface area (Å²) in [6.07, 6.45) is 1.44. The minimum absolute atomic E-state index is 0. The highest BCUT2D eigenvalue weighted by Gasteiger charge is 2.09. The van der Waals surface area contributed by atoms with Crippen molar-refractivity contribution in [3.05, 3.63) is 35.4 Å². The van der Waals surface area contributed by atoms with Crippen LogP contribution < -0.4 is 5.32 Å². The van der Waals surface area contributed by atoms with Crippen LogP contribution in [0.5, 0.6) is 0 Å². The fourth-order valence-corrected chi connectivity index (χ4v) is 1.66. The van der Waals surface area contributed by atoms with Crippen LogP contribution in [0, 0.1) is 0 Å². The molecule has 1 aromatic rings. The smallest absolute Gasteiger partial charge is 0.307 e. The van der Waals surface area contributed by atoms with Crippen LogP contribution in [-0.4, -0.2) is 31.3 Å². The quantitative estimate of drug-likeness (QED) is 0.619. The highest BCUT2D eigenvalue weighted by atomic mass is 16.5. The maximum atomic E-state index is 11.8. The summed E-state index contributed by atoms with van der Waals surface area (Å²) in [7, 11) is 1.30. The van der Waals surface area contributed by atoms with E-state index in [0.29, 0.717) is 17.5 Å². The highest BCUT2D eigenvalue weighted by Crippen LogP contribution is 2.08. The summed E-state index contributed by atoms with van der Waals surface area (Å²) in [4.78, 5) is 34.3. The summed E-state index contributed by atoms with van der Waals surface area (Å²) in [5, 5.41) is 2.61. The second-order valence-electron chi connectivity index (χ2n) is 4.33. The van der Waals surface area contributed by atoms with E-state index < -0.39 is 0 Å². The third-order valence-electron chi connectivity index (χ3n) is 2.79. The van der Waals surface area contributed by atoms with Crippen molar-refractivity contribution in [1.29, 1.82) is 0 Å². The fraction of sp³-hybridized carbons (Fsp3) is 0.438. The van der Waals surface area contributed by atoms with E-state index >= 15 is 0 Å². The molecule has 0 aromatic heterocycles. The van der Waals surface area contributed by atoms with E-state index in [-0.39, 0.29) is 38.1 Å². The third-order valence-corrected chi connectivity index (χ3v) is 2.79. The predicted octanol–water partition coefficient (Wildman–Crippen LogP) is 2.60. The van der Waals surface area contributed by atoms with Gasteiger partial charge in [-0.3, -0.25) is 14.4 Å². The molecule has 116 valence electrons. The Hall–Kier alpha value is -2.17. The number of amides is 1. The summed E-state index contributed by atoms with van der Waals surface area (Å²) >= 11 is 0. The molecule has 0 radical (unpaired) electrons. The van der Waals surface area contributed by atoms with Gasteiger partial charge in [0.2, 0.25) is 0 Å². The first-order valence-corrected chi connectivity index (χ1v) is 6.56. The molecule has 0 fully saturated rings. The number of ketones is 1. The largest absolute Gasteiger partial charge is 0.469 e. The number of esters is 1. The van der Waals surface area contributed by atoms with Crippen molar-refractivity contribution in [3.63, 3.8) is 0 Å². The molecule has 5 heteroatoms. The van der Waals surface area contributed by atoms with Gasteiger partial charge in [0.15, 0.2) is 5.78 Å². The van der Waals surface area contributed by atoms with Gasteiger partial charge in [0, 0.05) is 24.1 Å². The lowest BCUT2D eigenvalue weighted by Gasteiger charge is -2.05. The van der Waals surface area contributed by atoms with E-state index in [1.165, 1.54) is 7.11 Å². The van der Waals surface area contributed by atoms with Crippen molar-refractivity contribution < 1.29 is 19.1 Å². The van der Waals surface area contributed by atoms with Gasteiger partial charge in [0.05, 0.1) is 13.5 Å². The van der Waals surface area contributed by atoms with Crippen molar-refractivity contribution in [1.82, 2.24) is 5.32 Å². The maximum absolute atomic E-state index is 11.8. The van der Waals surface area contributed by atoms with Crippen LogP contribution in [-0.2, 0) is 9.53 Å². The average Bonchev–Trinajstić information content (AvgIpc) is 2.47. The van der Waals surface area contributed by atoms with E-state index in [1.54, 1.807) is 24.3 Å². The van der Waals surface area contributed by atoms with E-state index in [4.69, 9.17) is 0 Å². The molecule has 1 aromatic carbocycles. The number of ether oxygens (including phenoxy) is 1. The molecule has 0 unspecified atom stereocenters. The van der Waals surface area contributed by atoms with Gasteiger partial charge in [-0.25, -0.2) is 0 Å². The molecule has 0 aliphatic rings. The second-order valence-corrected chi connectivity index (χ2v) is 4.33. The number of methoxy groups -OCH3 is 1. The molecule has 0 heterocycles. The zero-order valence-corrected chi connectivity index (χ0v) is 11.8. The normalized spacial score (nSPS) is 9.43. The summed E-state index contributed by atoms with van der Waals surface area (Å²) < 4.78 is 4.48. The molecule has 1 rings (SSSR count). The zero-order chi connectivity index (χ0) is 15.0. The fourth-order valence-electron chi connectivity index (χ4n) is 1.66. The lowest BCUT2D eigenvalue weighted by molar-refractivity contribution is -0.140. The van der Waals surface area contributed by atoms with Crippen LogP contribution in [0.15, 0.2) is 24.3 Å². The topological polar surface area (TPSA) is 72.5 Å². The zero-order valence-electron chi connectivity index (χ0n) is 11.8. The molecule has 0 saturated carbocycles.